The molecule has 6 amide bonds. The largest absolute Gasteiger partial charge is 0.495 e. The zero-order valence-electron chi connectivity index (χ0n) is 48.0. The van der Waals surface area contributed by atoms with Crippen LogP contribution in [0.15, 0.2) is 122 Å². The van der Waals surface area contributed by atoms with Gasteiger partial charge in [0.25, 0.3) is 0 Å². The molecule has 2 saturated carbocycles. The number of rotatable bonds is 8. The van der Waals surface area contributed by atoms with E-state index in [1.165, 1.54) is 11.1 Å². The molecule has 5 aliphatic heterocycles. The van der Waals surface area contributed by atoms with Gasteiger partial charge in [-0.1, -0.05) is 84.9 Å². The summed E-state index contributed by atoms with van der Waals surface area (Å²) in [5, 5.41) is 12.4. The lowest BCUT2D eigenvalue weighted by Gasteiger charge is -2.48. The number of aromatic nitrogens is 4. The fourth-order valence-electron chi connectivity index (χ4n) is 13.1. The Morgan fingerprint density at radius 3 is 1.39 bits per heavy atom. The number of nitrogens with zero attached hydrogens (tertiary/aromatic N) is 8. The summed E-state index contributed by atoms with van der Waals surface area (Å²) >= 11 is 5.77. The van der Waals surface area contributed by atoms with Crippen LogP contribution in [0, 0.1) is 0 Å². The molecule has 20 heteroatoms. The minimum absolute atomic E-state index is 0.00798. The Hall–Kier alpha value is -7.29. The van der Waals surface area contributed by atoms with Gasteiger partial charge in [-0.25, -0.2) is 29.5 Å². The summed E-state index contributed by atoms with van der Waals surface area (Å²) in [4.78, 5) is 74.3. The molecular formula is C62H72BClN12O6. The summed E-state index contributed by atoms with van der Waals surface area (Å²) in [5.41, 5.74) is 8.22. The van der Waals surface area contributed by atoms with Crippen molar-refractivity contribution in [3.8, 4) is 11.4 Å². The van der Waals surface area contributed by atoms with Crippen LogP contribution in [-0.2, 0) is 42.8 Å². The minimum Gasteiger partial charge on any atom is -0.399 e. The number of halogens is 1. The lowest BCUT2D eigenvalue weighted by molar-refractivity contribution is -0.115. The van der Waals surface area contributed by atoms with Gasteiger partial charge in [0.05, 0.1) is 84.4 Å². The first-order valence-corrected chi connectivity index (χ1v) is 28.7. The maximum atomic E-state index is 13.1. The average Bonchev–Trinajstić information content (AvgIpc) is 4.40. The van der Waals surface area contributed by atoms with Crippen LogP contribution in [0.2, 0.25) is 5.28 Å². The van der Waals surface area contributed by atoms with E-state index in [9.17, 15) is 19.2 Å². The van der Waals surface area contributed by atoms with Gasteiger partial charge in [-0.15, -0.1) is 0 Å². The van der Waals surface area contributed by atoms with Crippen LogP contribution in [-0.4, -0.2) is 124 Å². The Kier molecular flexibility index (Phi) is 15.0. The van der Waals surface area contributed by atoms with E-state index in [1.54, 1.807) is 34.6 Å². The maximum absolute atomic E-state index is 13.1. The van der Waals surface area contributed by atoms with E-state index in [-0.39, 0.29) is 62.5 Å². The molecule has 13 rings (SSSR count). The molecule has 7 aliphatic rings. The van der Waals surface area contributed by atoms with E-state index in [2.05, 4.69) is 140 Å². The van der Waals surface area contributed by atoms with Crippen molar-refractivity contribution in [3.63, 3.8) is 0 Å². The molecule has 18 nitrogen and oxygen atoms in total. The standard InChI is InChI=1S/C28H30N6O2.C20H24ClN5O.C14H18BNO3/c1-33(2)28(19-7-4-3-5-8-19)13-11-27(12-14-28)18-34(26(36)32-27)20-16-29-25(30-17-20)21-9-6-10-23-22(21)15-24(35)31-23;1-25(2)20(15-6-4-3-5-7-15)10-8-19(9-11-20)14-26(18(27)24-19)16-12-22-17(21)23-13-16;1-13(2)14(3,4)19-15(18-13)10-6-5-7-11-9(10)8-12(17)16-11/h3-10,16-17H,11-15,18H2,1-2H3,(H,31,35)(H,32,36);3-7,12-13H,8-11,14H2,1-2H3,(H,24,27);5-7H,8H2,1-4H3,(H,16,17). The van der Waals surface area contributed by atoms with Crippen molar-refractivity contribution in [2.24, 2.45) is 0 Å². The third-order valence-corrected chi connectivity index (χ3v) is 19.0. The van der Waals surface area contributed by atoms with Crippen molar-refractivity contribution < 1.29 is 28.5 Å². The normalized spacial score (nSPS) is 25.7. The number of hydrogen-bond donors (Lipinski definition) is 4. The number of benzene rings is 4. The van der Waals surface area contributed by atoms with Gasteiger partial charge >= 0.3 is 19.2 Å². The highest BCUT2D eigenvalue weighted by molar-refractivity contribution is 6.63. The van der Waals surface area contributed by atoms with Gasteiger partial charge in [-0.2, -0.15) is 0 Å². The molecule has 4 aromatic carbocycles. The first kappa shape index (κ1) is 56.6. The smallest absolute Gasteiger partial charge is 0.399 e. The maximum Gasteiger partial charge on any atom is 0.495 e. The highest BCUT2D eigenvalue weighted by Crippen LogP contribution is 2.48. The van der Waals surface area contributed by atoms with Gasteiger partial charge in [0.2, 0.25) is 17.1 Å². The lowest BCUT2D eigenvalue weighted by Crippen LogP contribution is -2.54. The summed E-state index contributed by atoms with van der Waals surface area (Å²) in [6.07, 6.45) is 14.9. The third-order valence-electron chi connectivity index (χ3n) is 18.8. The molecule has 0 atom stereocenters. The van der Waals surface area contributed by atoms with Gasteiger partial charge < -0.3 is 30.6 Å². The zero-order valence-corrected chi connectivity index (χ0v) is 48.8. The minimum atomic E-state index is -0.410. The molecule has 7 heterocycles. The molecule has 5 fully saturated rings. The number of nitrogens with one attached hydrogen (secondary N) is 4. The number of amides is 6. The van der Waals surface area contributed by atoms with Crippen LogP contribution in [0.4, 0.5) is 32.3 Å². The fourth-order valence-corrected chi connectivity index (χ4v) is 13.2. The predicted molar refractivity (Wildman–Crippen MR) is 319 cm³/mol. The Labute approximate surface area is 485 Å². The van der Waals surface area contributed by atoms with Crippen molar-refractivity contribution >= 4 is 70.8 Å². The number of carbonyl (C=O) groups is 4. The molecule has 0 unspecified atom stereocenters. The lowest BCUT2D eigenvalue weighted by atomic mass is 9.69. The van der Waals surface area contributed by atoms with E-state index in [1.807, 2.05) is 64.1 Å². The highest BCUT2D eigenvalue weighted by Gasteiger charge is 2.54. The van der Waals surface area contributed by atoms with Gasteiger partial charge in [-0.3, -0.25) is 29.2 Å². The van der Waals surface area contributed by atoms with Crippen molar-refractivity contribution in [1.29, 1.82) is 0 Å². The predicted octanol–water partition coefficient (Wildman–Crippen LogP) is 8.85. The fraction of sp³-hybridized carbons (Fsp3) is 0.419. The first-order valence-electron chi connectivity index (χ1n) is 28.3. The molecule has 82 heavy (non-hydrogen) atoms. The van der Waals surface area contributed by atoms with Crippen molar-refractivity contribution in [1.82, 2.24) is 40.4 Å². The van der Waals surface area contributed by atoms with E-state index in [0.717, 1.165) is 84.9 Å². The monoisotopic (exact) mass is 1130 g/mol. The molecule has 2 spiro atoms. The quantitative estimate of drug-likeness (QED) is 0.0836. The van der Waals surface area contributed by atoms with Crippen molar-refractivity contribution in [2.45, 2.75) is 125 Å². The van der Waals surface area contributed by atoms with E-state index in [0.29, 0.717) is 43.1 Å². The second-order valence-electron chi connectivity index (χ2n) is 24.4. The van der Waals surface area contributed by atoms with Crippen LogP contribution in [0.5, 0.6) is 0 Å². The summed E-state index contributed by atoms with van der Waals surface area (Å²) in [7, 11) is 8.19. The molecule has 4 N–H and O–H groups in total. The first-order chi connectivity index (χ1) is 39.1. The Morgan fingerprint density at radius 2 is 0.939 bits per heavy atom. The number of anilines is 4. The van der Waals surface area contributed by atoms with E-state index in [4.69, 9.17) is 20.9 Å². The van der Waals surface area contributed by atoms with Crippen LogP contribution in [0.1, 0.15) is 101 Å². The number of carbonyl (C=O) groups excluding carboxylic acids is 4. The van der Waals surface area contributed by atoms with Gasteiger partial charge in [0.15, 0.2) is 5.82 Å². The van der Waals surface area contributed by atoms with Crippen LogP contribution in [0.3, 0.4) is 0 Å². The van der Waals surface area contributed by atoms with Gasteiger partial charge in [-0.05, 0) is 159 Å². The van der Waals surface area contributed by atoms with Crippen LogP contribution in [0.25, 0.3) is 11.4 Å². The molecule has 2 aliphatic carbocycles. The highest BCUT2D eigenvalue weighted by atomic mass is 35.5. The van der Waals surface area contributed by atoms with Crippen LogP contribution < -0.4 is 36.5 Å². The summed E-state index contributed by atoms with van der Waals surface area (Å²) < 4.78 is 12.1. The summed E-state index contributed by atoms with van der Waals surface area (Å²) in [6.45, 7) is 9.35. The second-order valence-corrected chi connectivity index (χ2v) is 24.7. The second kappa shape index (κ2) is 21.8. The third kappa shape index (κ3) is 10.6. The molecule has 2 aromatic heterocycles. The molecule has 426 valence electrons. The average molecular weight is 1130 g/mol. The summed E-state index contributed by atoms with van der Waals surface area (Å²) in [6, 6.07) is 32.7. The Morgan fingerprint density at radius 1 is 0.524 bits per heavy atom. The molecular weight excluding hydrogens is 1060 g/mol. The Bertz CT molecular complexity index is 3350. The number of urea groups is 2. The van der Waals surface area contributed by atoms with Gasteiger partial charge in [0.1, 0.15) is 0 Å². The van der Waals surface area contributed by atoms with Gasteiger partial charge in [0, 0.05) is 28.0 Å². The topological polar surface area (TPSA) is 199 Å². The molecule has 0 bridgehead atoms. The molecule has 6 aromatic rings. The zero-order chi connectivity index (χ0) is 57.8. The SMILES string of the molecule is CC1(C)OB(c2cccc3c2CC(=O)N3)OC1(C)C.CN(C)C1(c2ccccc2)CCC2(CC1)CN(c1cnc(-c3cccc4c3CC(=O)N4)nc1)C(=O)N2.CN(C)C1(c2ccccc2)CCC2(CC1)CN(c1cnc(Cl)nc1)C(=O)N2. The number of fused-ring (bicyclic) bond motifs is 2. The molecule has 0 radical (unpaired) electrons. The van der Waals surface area contributed by atoms with E-state index >= 15 is 0 Å². The van der Waals surface area contributed by atoms with Crippen LogP contribution >= 0.6 is 11.6 Å². The molecule has 3 saturated heterocycles. The summed E-state index contributed by atoms with van der Waals surface area (Å²) in [5.74, 6) is 0.558. The van der Waals surface area contributed by atoms with Crippen molar-refractivity contribution in [3.05, 3.63) is 149 Å². The number of hydrogen-bond acceptors (Lipinski definition) is 12. The van der Waals surface area contributed by atoms with E-state index < -0.39 is 7.12 Å². The Balaban J connectivity index is 0.000000136. The van der Waals surface area contributed by atoms with Crippen molar-refractivity contribution in [2.75, 3.05) is 61.7 Å².